The summed E-state index contributed by atoms with van der Waals surface area (Å²) in [4.78, 5) is 0. The second-order valence-electron chi connectivity index (χ2n) is 6.18. The van der Waals surface area contributed by atoms with Crippen LogP contribution in [0.2, 0.25) is 10.0 Å². The van der Waals surface area contributed by atoms with Gasteiger partial charge in [0.2, 0.25) is 0 Å². The highest BCUT2D eigenvalue weighted by Crippen LogP contribution is 2.47. The number of hydrogen-bond donors (Lipinski definition) is 0. The van der Waals surface area contributed by atoms with Gasteiger partial charge in [-0.05, 0) is 17.7 Å². The highest BCUT2D eigenvalue weighted by molar-refractivity contribution is 6.35. The molecule has 124 valence electrons. The van der Waals surface area contributed by atoms with Crippen molar-refractivity contribution in [2.45, 2.75) is 38.5 Å². The molecule has 24 heavy (non-hydrogen) atoms. The Hall–Kier alpha value is -1.71. The molecule has 5 heteroatoms. The maximum Gasteiger partial charge on any atom is 0.187 e. The summed E-state index contributed by atoms with van der Waals surface area (Å²) in [7, 11) is 0. The molecule has 2 aromatic carbocycles. The molecule has 0 fully saturated rings. The maximum absolute atomic E-state index is 6.39. The summed E-state index contributed by atoms with van der Waals surface area (Å²) in [5.74, 6) is 0.755. The lowest BCUT2D eigenvalue weighted by Crippen LogP contribution is -2.40. The predicted octanol–water partition coefficient (Wildman–Crippen LogP) is 5.66. The highest BCUT2D eigenvalue weighted by atomic mass is 35.5. The van der Waals surface area contributed by atoms with E-state index in [0.717, 1.165) is 41.9 Å². The number of fused-ring (bicyclic) bond motifs is 3. The lowest BCUT2D eigenvalue weighted by Gasteiger charge is -2.38. The Labute approximate surface area is 151 Å². The number of hydrazone groups is 1. The van der Waals surface area contributed by atoms with Crippen molar-refractivity contribution in [2.75, 3.05) is 0 Å². The van der Waals surface area contributed by atoms with Crippen LogP contribution in [-0.2, 0) is 0 Å². The molecular weight excluding hydrogens is 343 g/mol. The van der Waals surface area contributed by atoms with Gasteiger partial charge in [-0.2, -0.15) is 5.10 Å². The maximum atomic E-state index is 6.39. The van der Waals surface area contributed by atoms with Crippen molar-refractivity contribution in [3.8, 4) is 5.75 Å². The Morgan fingerprint density at radius 3 is 2.75 bits per heavy atom. The molecule has 2 heterocycles. The Balaban J connectivity index is 1.77. The van der Waals surface area contributed by atoms with E-state index in [2.05, 4.69) is 24.1 Å². The van der Waals surface area contributed by atoms with Gasteiger partial charge in [-0.1, -0.05) is 66.9 Å². The number of hydrogen-bond acceptors (Lipinski definition) is 3. The average Bonchev–Trinajstić information content (AvgIpc) is 3.03. The second kappa shape index (κ2) is 6.30. The van der Waals surface area contributed by atoms with Crippen LogP contribution >= 0.6 is 23.2 Å². The third-order valence-corrected chi connectivity index (χ3v) is 5.03. The minimum Gasteiger partial charge on any atom is -0.467 e. The van der Waals surface area contributed by atoms with Crippen LogP contribution in [-0.4, -0.2) is 16.9 Å². The van der Waals surface area contributed by atoms with Gasteiger partial charge >= 0.3 is 0 Å². The molecule has 3 nitrogen and oxygen atoms in total. The van der Waals surface area contributed by atoms with E-state index in [1.165, 1.54) is 0 Å². The van der Waals surface area contributed by atoms with Crippen molar-refractivity contribution in [1.29, 1.82) is 0 Å². The molecule has 0 amide bonds. The molecule has 0 bridgehead atoms. The monoisotopic (exact) mass is 360 g/mol. The lowest BCUT2D eigenvalue weighted by atomic mass is 9.96. The molecule has 0 spiro atoms. The van der Waals surface area contributed by atoms with Gasteiger partial charge < -0.3 is 4.74 Å². The van der Waals surface area contributed by atoms with E-state index in [1.54, 1.807) is 6.07 Å². The van der Waals surface area contributed by atoms with Crippen molar-refractivity contribution in [1.82, 2.24) is 5.01 Å². The first kappa shape index (κ1) is 15.8. The molecule has 0 unspecified atom stereocenters. The molecule has 0 aromatic heterocycles. The molecule has 0 aliphatic carbocycles. The fourth-order valence-corrected chi connectivity index (χ4v) is 3.98. The van der Waals surface area contributed by atoms with Gasteiger partial charge in [0.25, 0.3) is 0 Å². The van der Waals surface area contributed by atoms with Crippen molar-refractivity contribution in [3.63, 3.8) is 0 Å². The number of nitrogens with zero attached hydrogens (tertiary/aromatic N) is 2. The normalized spacial score (nSPS) is 21.8. The summed E-state index contributed by atoms with van der Waals surface area (Å²) in [6, 6.07) is 14.1. The lowest BCUT2D eigenvalue weighted by molar-refractivity contribution is -0.0222. The molecule has 4 rings (SSSR count). The van der Waals surface area contributed by atoms with Crippen molar-refractivity contribution in [3.05, 3.63) is 63.6 Å². The molecule has 2 aromatic rings. The van der Waals surface area contributed by atoms with E-state index < -0.39 is 0 Å². The van der Waals surface area contributed by atoms with Gasteiger partial charge in [-0.15, -0.1) is 0 Å². The zero-order valence-electron chi connectivity index (χ0n) is 13.4. The summed E-state index contributed by atoms with van der Waals surface area (Å²) < 4.78 is 6.18. The topological polar surface area (TPSA) is 24.8 Å². The van der Waals surface area contributed by atoms with E-state index in [0.29, 0.717) is 10.0 Å². The number of halogens is 2. The first-order valence-electron chi connectivity index (χ1n) is 8.24. The van der Waals surface area contributed by atoms with Crippen LogP contribution in [0.15, 0.2) is 47.6 Å². The van der Waals surface area contributed by atoms with Crippen LogP contribution in [0.25, 0.3) is 0 Å². The van der Waals surface area contributed by atoms with E-state index in [1.807, 2.05) is 24.3 Å². The fourth-order valence-electron chi connectivity index (χ4n) is 3.43. The number of rotatable bonds is 3. The summed E-state index contributed by atoms with van der Waals surface area (Å²) in [6.45, 7) is 2.15. The predicted molar refractivity (Wildman–Crippen MR) is 98.0 cm³/mol. The average molecular weight is 361 g/mol. The number of ether oxygens (including phenoxy) is 1. The smallest absolute Gasteiger partial charge is 0.187 e. The Bertz CT molecular complexity index is 791. The molecule has 0 N–H and O–H groups in total. The van der Waals surface area contributed by atoms with E-state index >= 15 is 0 Å². The molecule has 2 atom stereocenters. The summed E-state index contributed by atoms with van der Waals surface area (Å²) in [5.41, 5.74) is 3.25. The number of benzene rings is 2. The minimum absolute atomic E-state index is 0.0904. The summed E-state index contributed by atoms with van der Waals surface area (Å²) in [5, 5.41) is 8.17. The van der Waals surface area contributed by atoms with Crippen molar-refractivity contribution >= 4 is 28.9 Å². The SMILES string of the molecule is CCC[C@H]1Oc2c(Cl)cc(Cl)cc2[C@H]2CC(c3ccccc3)=NN21. The molecule has 2 aliphatic heterocycles. The zero-order chi connectivity index (χ0) is 16.7. The van der Waals surface area contributed by atoms with Crippen LogP contribution in [0, 0.1) is 0 Å². The van der Waals surface area contributed by atoms with Crippen LogP contribution in [0.5, 0.6) is 5.75 Å². The molecule has 0 saturated carbocycles. The van der Waals surface area contributed by atoms with Crippen molar-refractivity contribution in [2.24, 2.45) is 5.10 Å². The summed E-state index contributed by atoms with van der Waals surface area (Å²) >= 11 is 12.6. The largest absolute Gasteiger partial charge is 0.467 e. The fraction of sp³-hybridized carbons (Fsp3) is 0.316. The summed E-state index contributed by atoms with van der Waals surface area (Å²) in [6.07, 6.45) is 2.66. The van der Waals surface area contributed by atoms with E-state index in [4.69, 9.17) is 33.0 Å². The van der Waals surface area contributed by atoms with Gasteiger partial charge in [0, 0.05) is 23.4 Å². The van der Waals surface area contributed by atoms with Crippen LogP contribution in [0.4, 0.5) is 0 Å². The second-order valence-corrected chi connectivity index (χ2v) is 7.02. The van der Waals surface area contributed by atoms with Gasteiger partial charge in [0.15, 0.2) is 6.23 Å². The van der Waals surface area contributed by atoms with Gasteiger partial charge in [0.1, 0.15) is 5.75 Å². The van der Waals surface area contributed by atoms with Gasteiger partial charge in [-0.25, -0.2) is 0 Å². The minimum atomic E-state index is -0.0904. The van der Waals surface area contributed by atoms with Crippen molar-refractivity contribution < 1.29 is 4.74 Å². The quantitative estimate of drug-likeness (QED) is 0.704. The first-order valence-corrected chi connectivity index (χ1v) is 8.99. The molecule has 0 saturated heterocycles. The molecular formula is C19H18Cl2N2O. The molecule has 0 radical (unpaired) electrons. The Morgan fingerprint density at radius 1 is 1.21 bits per heavy atom. The van der Waals surface area contributed by atoms with Gasteiger partial charge in [0.05, 0.1) is 16.8 Å². The van der Waals surface area contributed by atoms with Crippen LogP contribution < -0.4 is 4.74 Å². The highest BCUT2D eigenvalue weighted by Gasteiger charge is 2.40. The Morgan fingerprint density at radius 2 is 2.00 bits per heavy atom. The third-order valence-electron chi connectivity index (χ3n) is 4.53. The molecule has 2 aliphatic rings. The van der Waals surface area contributed by atoms with E-state index in [-0.39, 0.29) is 12.3 Å². The first-order chi connectivity index (χ1) is 11.7. The van der Waals surface area contributed by atoms with Crippen LogP contribution in [0.1, 0.15) is 43.4 Å². The van der Waals surface area contributed by atoms with E-state index in [9.17, 15) is 0 Å². The standard InChI is InChI=1S/C19H18Cl2N2O/c1-2-6-18-23-17(11-16(22-23)12-7-4-3-5-8-12)14-9-13(20)10-15(21)19(14)24-18/h3-5,7-10,17-18H,2,6,11H2,1H3/t17-,18-/m1/s1. The van der Waals surface area contributed by atoms with Gasteiger partial charge in [-0.3, -0.25) is 5.01 Å². The Kier molecular flexibility index (Phi) is 4.15. The third kappa shape index (κ3) is 2.66. The van der Waals surface area contributed by atoms with Crippen LogP contribution in [0.3, 0.4) is 0 Å². The zero-order valence-corrected chi connectivity index (χ0v) is 14.9.